The van der Waals surface area contributed by atoms with Crippen LogP contribution in [0.2, 0.25) is 0 Å². The zero-order valence-electron chi connectivity index (χ0n) is 10.4. The van der Waals surface area contributed by atoms with Crippen LogP contribution < -0.4 is 0 Å². The first-order valence-corrected chi connectivity index (χ1v) is 6.55. The van der Waals surface area contributed by atoms with E-state index in [0.29, 0.717) is 10.0 Å². The number of carbonyl (C=O) groups excluding carboxylic acids is 2. The molecule has 5 nitrogen and oxygen atoms in total. The molecule has 19 heavy (non-hydrogen) atoms. The summed E-state index contributed by atoms with van der Waals surface area (Å²) in [6, 6.07) is 1.65. The van der Waals surface area contributed by atoms with Crippen LogP contribution in [0.3, 0.4) is 0 Å². The van der Waals surface area contributed by atoms with Crippen molar-refractivity contribution in [2.45, 2.75) is 26.2 Å². The van der Waals surface area contributed by atoms with Gasteiger partial charge in [0, 0.05) is 34.8 Å². The number of rotatable bonds is 7. The van der Waals surface area contributed by atoms with Crippen LogP contribution >= 0.6 is 15.9 Å². The van der Waals surface area contributed by atoms with Gasteiger partial charge in [-0.1, -0.05) is 0 Å². The predicted molar refractivity (Wildman–Crippen MR) is 71.9 cm³/mol. The Morgan fingerprint density at radius 3 is 2.58 bits per heavy atom. The van der Waals surface area contributed by atoms with E-state index in [0.717, 1.165) is 0 Å². The third-order valence-electron chi connectivity index (χ3n) is 2.74. The molecule has 1 unspecified atom stereocenters. The van der Waals surface area contributed by atoms with E-state index in [2.05, 4.69) is 20.9 Å². The van der Waals surface area contributed by atoms with E-state index in [1.54, 1.807) is 12.3 Å². The number of nitrogens with zero attached hydrogens (tertiary/aromatic N) is 1. The number of aliphatic carboxylic acids is 1. The lowest BCUT2D eigenvalue weighted by Gasteiger charge is -2.10. The first-order chi connectivity index (χ1) is 8.90. The first-order valence-electron chi connectivity index (χ1n) is 5.76. The SMILES string of the molecule is CC(=O)C(CCC(=O)c1cncc(Br)c1)CC(=O)O. The van der Waals surface area contributed by atoms with Gasteiger partial charge >= 0.3 is 5.97 Å². The summed E-state index contributed by atoms with van der Waals surface area (Å²) in [5.41, 5.74) is 0.451. The standard InChI is InChI=1S/C13H14BrNO4/c1-8(16)9(5-13(18)19)2-3-12(17)10-4-11(14)7-15-6-10/h4,6-7,9H,2-3,5H2,1H3,(H,18,19). The van der Waals surface area contributed by atoms with E-state index < -0.39 is 11.9 Å². The van der Waals surface area contributed by atoms with Gasteiger partial charge in [0.1, 0.15) is 5.78 Å². The molecule has 6 heteroatoms. The third-order valence-corrected chi connectivity index (χ3v) is 3.18. The maximum atomic E-state index is 11.9. The van der Waals surface area contributed by atoms with Crippen LogP contribution in [-0.2, 0) is 9.59 Å². The number of carboxylic acid groups (broad SMARTS) is 1. The summed E-state index contributed by atoms with van der Waals surface area (Å²) >= 11 is 3.22. The second kappa shape index (κ2) is 7.13. The van der Waals surface area contributed by atoms with Crippen molar-refractivity contribution in [3.05, 3.63) is 28.5 Å². The molecule has 0 bridgehead atoms. The van der Waals surface area contributed by atoms with Crippen LogP contribution in [0.1, 0.15) is 36.5 Å². The Morgan fingerprint density at radius 2 is 2.05 bits per heavy atom. The number of carboxylic acids is 1. The lowest BCUT2D eigenvalue weighted by molar-refractivity contribution is -0.140. The van der Waals surface area contributed by atoms with Gasteiger partial charge in [0.05, 0.1) is 6.42 Å². The average Bonchev–Trinajstić information content (AvgIpc) is 2.33. The number of halogens is 1. The molecule has 1 rings (SSSR count). The molecule has 0 aliphatic heterocycles. The van der Waals surface area contributed by atoms with E-state index in [9.17, 15) is 14.4 Å². The summed E-state index contributed by atoms with van der Waals surface area (Å²) in [6.07, 6.45) is 3.16. The van der Waals surface area contributed by atoms with Crippen LogP contribution in [-0.4, -0.2) is 27.6 Å². The molecule has 0 radical (unpaired) electrons. The summed E-state index contributed by atoms with van der Waals surface area (Å²) in [5, 5.41) is 8.70. The van der Waals surface area contributed by atoms with Crippen LogP contribution in [0.4, 0.5) is 0 Å². The highest BCUT2D eigenvalue weighted by Gasteiger charge is 2.19. The van der Waals surface area contributed by atoms with Crippen molar-refractivity contribution in [1.82, 2.24) is 4.98 Å². The van der Waals surface area contributed by atoms with Crippen LogP contribution in [0, 0.1) is 5.92 Å². The fourth-order valence-corrected chi connectivity index (χ4v) is 2.04. The predicted octanol–water partition coefficient (Wildman–Crippen LogP) is 2.49. The molecule has 0 aliphatic rings. The van der Waals surface area contributed by atoms with Crippen molar-refractivity contribution >= 4 is 33.5 Å². The van der Waals surface area contributed by atoms with Gasteiger partial charge in [-0.3, -0.25) is 19.4 Å². The fourth-order valence-electron chi connectivity index (χ4n) is 1.67. The first kappa shape index (κ1) is 15.5. The van der Waals surface area contributed by atoms with Crippen LogP contribution in [0.5, 0.6) is 0 Å². The maximum Gasteiger partial charge on any atom is 0.304 e. The maximum absolute atomic E-state index is 11.9. The van der Waals surface area contributed by atoms with Crippen molar-refractivity contribution < 1.29 is 19.5 Å². The molecule has 102 valence electrons. The Hall–Kier alpha value is -1.56. The van der Waals surface area contributed by atoms with Gasteiger partial charge in [0.15, 0.2) is 5.78 Å². The van der Waals surface area contributed by atoms with Gasteiger partial charge in [-0.05, 0) is 35.3 Å². The lowest BCUT2D eigenvalue weighted by atomic mass is 9.93. The summed E-state index contributed by atoms with van der Waals surface area (Å²) in [4.78, 5) is 37.7. The van der Waals surface area contributed by atoms with Gasteiger partial charge in [0.25, 0.3) is 0 Å². The van der Waals surface area contributed by atoms with Crippen molar-refractivity contribution in [1.29, 1.82) is 0 Å². The number of hydrogen-bond acceptors (Lipinski definition) is 4. The highest BCUT2D eigenvalue weighted by molar-refractivity contribution is 9.10. The molecule has 0 fully saturated rings. The normalized spacial score (nSPS) is 11.9. The largest absolute Gasteiger partial charge is 0.481 e. The monoisotopic (exact) mass is 327 g/mol. The molecular weight excluding hydrogens is 314 g/mol. The number of hydrogen-bond donors (Lipinski definition) is 1. The Balaban J connectivity index is 2.61. The smallest absolute Gasteiger partial charge is 0.304 e. The summed E-state index contributed by atoms with van der Waals surface area (Å²) < 4.78 is 0.701. The van der Waals surface area contributed by atoms with Crippen molar-refractivity contribution in [2.24, 2.45) is 5.92 Å². The molecule has 0 saturated heterocycles. The highest BCUT2D eigenvalue weighted by atomic mass is 79.9. The number of carbonyl (C=O) groups is 3. The lowest BCUT2D eigenvalue weighted by Crippen LogP contribution is -2.17. The second-order valence-electron chi connectivity index (χ2n) is 4.26. The summed E-state index contributed by atoms with van der Waals surface area (Å²) in [7, 11) is 0. The minimum Gasteiger partial charge on any atom is -0.481 e. The van der Waals surface area contributed by atoms with Gasteiger partial charge in [-0.2, -0.15) is 0 Å². The molecule has 0 aromatic carbocycles. The van der Waals surface area contributed by atoms with Gasteiger partial charge in [-0.25, -0.2) is 0 Å². The molecule has 1 aromatic heterocycles. The molecule has 0 aliphatic carbocycles. The highest BCUT2D eigenvalue weighted by Crippen LogP contribution is 2.17. The minimum absolute atomic E-state index is 0.135. The van der Waals surface area contributed by atoms with Gasteiger partial charge in [-0.15, -0.1) is 0 Å². The Kier molecular flexibility index (Phi) is 5.82. The molecular formula is C13H14BrNO4. The van der Waals surface area contributed by atoms with Crippen molar-refractivity contribution in [3.63, 3.8) is 0 Å². The second-order valence-corrected chi connectivity index (χ2v) is 5.17. The third kappa shape index (κ3) is 5.30. The van der Waals surface area contributed by atoms with Crippen LogP contribution in [0.25, 0.3) is 0 Å². The number of ketones is 2. The van der Waals surface area contributed by atoms with E-state index >= 15 is 0 Å². The Bertz CT molecular complexity index is 501. The van der Waals surface area contributed by atoms with E-state index in [1.807, 2.05) is 0 Å². The van der Waals surface area contributed by atoms with Gasteiger partial charge in [0.2, 0.25) is 0 Å². The molecule has 1 heterocycles. The fraction of sp³-hybridized carbons (Fsp3) is 0.385. The van der Waals surface area contributed by atoms with Gasteiger partial charge < -0.3 is 5.11 Å². The molecule has 0 spiro atoms. The minimum atomic E-state index is -1.03. The zero-order chi connectivity index (χ0) is 14.4. The Labute approximate surface area is 119 Å². The average molecular weight is 328 g/mol. The van der Waals surface area contributed by atoms with E-state index in [4.69, 9.17) is 5.11 Å². The van der Waals surface area contributed by atoms with Crippen molar-refractivity contribution in [2.75, 3.05) is 0 Å². The van der Waals surface area contributed by atoms with Crippen LogP contribution in [0.15, 0.2) is 22.9 Å². The number of aromatic nitrogens is 1. The van der Waals surface area contributed by atoms with E-state index in [1.165, 1.54) is 13.1 Å². The summed E-state index contributed by atoms with van der Waals surface area (Å²) in [6.45, 7) is 1.35. The summed E-state index contributed by atoms with van der Waals surface area (Å²) in [5.74, 6) is -1.99. The zero-order valence-corrected chi connectivity index (χ0v) is 12.0. The number of pyridine rings is 1. The topological polar surface area (TPSA) is 84.3 Å². The molecule has 0 amide bonds. The molecule has 0 saturated carbocycles. The van der Waals surface area contributed by atoms with E-state index in [-0.39, 0.29) is 30.8 Å². The number of Topliss-reactive ketones (excluding diaryl/α,β-unsaturated/α-hetero) is 2. The molecule has 1 atom stereocenters. The van der Waals surface area contributed by atoms with Crippen molar-refractivity contribution in [3.8, 4) is 0 Å². The quantitative estimate of drug-likeness (QED) is 0.778. The Morgan fingerprint density at radius 1 is 1.37 bits per heavy atom. The molecule has 1 aromatic rings. The molecule has 1 N–H and O–H groups in total.